The number of nitrogen functional groups attached to an aromatic ring is 1. The van der Waals surface area contributed by atoms with Crippen LogP contribution in [0.4, 0.5) is 10.9 Å². The fourth-order valence-electron chi connectivity index (χ4n) is 2.76. The van der Waals surface area contributed by atoms with Crippen molar-refractivity contribution in [1.29, 1.82) is 5.26 Å². The van der Waals surface area contributed by atoms with Crippen LogP contribution < -0.4 is 16.5 Å². The smallest absolute Gasteiger partial charge is 0.299 e. The molecule has 12 heteroatoms. The lowest BCUT2D eigenvalue weighted by atomic mass is 10.1. The van der Waals surface area contributed by atoms with Gasteiger partial charge in [-0.1, -0.05) is 34.5 Å². The number of thiazole rings is 1. The molecule has 0 amide bonds. The molecule has 1 aromatic carbocycles. The van der Waals surface area contributed by atoms with Crippen molar-refractivity contribution in [3.8, 4) is 6.07 Å². The molecule has 9 nitrogen and oxygen atoms in total. The SMILES string of the molecule is N#Cc1sc(NCCN[N+]23C=C(c4ccc(Cl)cc4Cl)N=CC2=NC=N3)nc1N. The number of nitrogens with zero attached hydrogens (tertiary/aromatic N) is 6. The first kappa shape index (κ1) is 19.5. The van der Waals surface area contributed by atoms with Gasteiger partial charge in [-0.2, -0.15) is 10.3 Å². The summed E-state index contributed by atoms with van der Waals surface area (Å²) in [7, 11) is 0. The number of hydrogen-bond donors (Lipinski definition) is 3. The standard InChI is InChI=1S/C17H14Cl2N9S/c18-10-1-2-11(12(19)5-10)13-8-28(15(7-23-13)24-9-26-28)25-4-3-22-17-27-16(21)14(6-20)29-17/h1-2,5,7-9,25H,3-4,21H2,(H,22,27)/q+1. The first-order valence-corrected chi connectivity index (χ1v) is 9.97. The van der Waals surface area contributed by atoms with Gasteiger partial charge in [-0.15, -0.1) is 5.43 Å². The predicted octanol–water partition coefficient (Wildman–Crippen LogP) is 3.08. The van der Waals surface area contributed by atoms with Crippen LogP contribution in [0.2, 0.25) is 10.0 Å². The molecule has 2 aliphatic rings. The fourth-order valence-corrected chi connectivity index (χ4v) is 3.97. The third-order valence-corrected chi connectivity index (χ3v) is 5.60. The predicted molar refractivity (Wildman–Crippen MR) is 117 cm³/mol. The molecule has 0 fully saturated rings. The molecule has 2 aliphatic heterocycles. The van der Waals surface area contributed by atoms with E-state index in [2.05, 4.69) is 30.8 Å². The summed E-state index contributed by atoms with van der Waals surface area (Å²) < 4.78 is -0.0388. The number of fused-ring (bicyclic) bond motifs is 1. The van der Waals surface area contributed by atoms with E-state index in [1.807, 2.05) is 18.3 Å². The molecule has 0 aliphatic carbocycles. The quantitative estimate of drug-likeness (QED) is 0.464. The molecule has 0 bridgehead atoms. The maximum absolute atomic E-state index is 8.96. The number of nitrogens with two attached hydrogens (primary N) is 1. The Hall–Kier alpha value is -2.81. The Balaban J connectivity index is 1.48. The molecule has 0 saturated heterocycles. The monoisotopic (exact) mass is 446 g/mol. The van der Waals surface area contributed by atoms with Crippen molar-refractivity contribution < 1.29 is 4.70 Å². The second-order valence-corrected chi connectivity index (χ2v) is 7.82. The number of nitrogens with one attached hydrogen (secondary N) is 2. The summed E-state index contributed by atoms with van der Waals surface area (Å²) in [4.78, 5) is 13.2. The molecule has 4 N–H and O–H groups in total. The van der Waals surface area contributed by atoms with Gasteiger partial charge in [-0.3, -0.25) is 0 Å². The Bertz CT molecular complexity index is 1130. The molecule has 2 aromatic rings. The summed E-state index contributed by atoms with van der Waals surface area (Å²) in [6.07, 6.45) is 4.95. The maximum atomic E-state index is 8.96. The molecule has 146 valence electrons. The second kappa shape index (κ2) is 7.90. The van der Waals surface area contributed by atoms with Gasteiger partial charge in [0.05, 0.1) is 11.6 Å². The summed E-state index contributed by atoms with van der Waals surface area (Å²) >= 11 is 13.5. The van der Waals surface area contributed by atoms with Crippen molar-refractivity contribution in [2.24, 2.45) is 15.1 Å². The normalized spacial score (nSPS) is 19.5. The number of nitriles is 1. The number of rotatable bonds is 6. The number of hydrogen-bond acceptors (Lipinski definition) is 9. The minimum Gasteiger partial charge on any atom is -0.382 e. The van der Waals surface area contributed by atoms with Crippen molar-refractivity contribution in [3.63, 3.8) is 0 Å². The number of halogens is 2. The number of amidine groups is 1. The van der Waals surface area contributed by atoms with Gasteiger partial charge in [0.25, 0.3) is 5.84 Å². The maximum Gasteiger partial charge on any atom is 0.299 e. The molecular weight excluding hydrogens is 433 g/mol. The van der Waals surface area contributed by atoms with Crippen molar-refractivity contribution in [3.05, 3.63) is 44.9 Å². The molecule has 0 spiro atoms. The molecule has 1 atom stereocenters. The Morgan fingerprint density at radius 1 is 1.28 bits per heavy atom. The summed E-state index contributed by atoms with van der Waals surface area (Å²) in [5.74, 6) is 0.858. The van der Waals surface area contributed by atoms with Gasteiger partial charge in [0.1, 0.15) is 22.9 Å². The number of anilines is 2. The minimum atomic E-state index is -0.0388. The number of benzene rings is 1. The first-order chi connectivity index (χ1) is 14.0. The van der Waals surface area contributed by atoms with Crippen LogP contribution in [0.25, 0.3) is 5.70 Å². The summed E-state index contributed by atoms with van der Waals surface area (Å²) in [6, 6.07) is 7.25. The Morgan fingerprint density at radius 2 is 2.14 bits per heavy atom. The van der Waals surface area contributed by atoms with E-state index in [0.29, 0.717) is 44.7 Å². The van der Waals surface area contributed by atoms with E-state index in [1.54, 1.807) is 18.3 Å². The average Bonchev–Trinajstić information content (AvgIpc) is 3.27. The van der Waals surface area contributed by atoms with E-state index in [4.69, 9.17) is 34.2 Å². The molecule has 1 unspecified atom stereocenters. The van der Waals surface area contributed by atoms with Crippen molar-refractivity contribution >= 4 is 69.6 Å². The zero-order chi connectivity index (χ0) is 20.4. The summed E-state index contributed by atoms with van der Waals surface area (Å²) in [5, 5.41) is 18.2. The fraction of sp³-hybridized carbons (Fsp3) is 0.118. The van der Waals surface area contributed by atoms with Crippen LogP contribution in [-0.2, 0) is 0 Å². The molecule has 1 aromatic heterocycles. The van der Waals surface area contributed by atoms with Crippen LogP contribution in [0.3, 0.4) is 0 Å². The van der Waals surface area contributed by atoms with Gasteiger partial charge in [0.15, 0.2) is 23.5 Å². The van der Waals surface area contributed by atoms with E-state index < -0.39 is 0 Å². The van der Waals surface area contributed by atoms with Crippen molar-refractivity contribution in [2.75, 3.05) is 24.1 Å². The van der Waals surface area contributed by atoms with E-state index in [-0.39, 0.29) is 10.5 Å². The zero-order valence-corrected chi connectivity index (χ0v) is 17.1. The third kappa shape index (κ3) is 3.87. The lowest BCUT2D eigenvalue weighted by molar-refractivity contribution is -0.838. The van der Waals surface area contributed by atoms with Crippen molar-refractivity contribution in [2.45, 2.75) is 0 Å². The minimum absolute atomic E-state index is 0.0388. The van der Waals surface area contributed by atoms with Gasteiger partial charge in [-0.25, -0.2) is 9.98 Å². The second-order valence-electron chi connectivity index (χ2n) is 5.98. The molecule has 29 heavy (non-hydrogen) atoms. The van der Waals surface area contributed by atoms with E-state index in [9.17, 15) is 0 Å². The Kier molecular flexibility index (Phi) is 5.31. The zero-order valence-electron chi connectivity index (χ0n) is 14.8. The highest BCUT2D eigenvalue weighted by Gasteiger charge is 2.39. The highest BCUT2D eigenvalue weighted by molar-refractivity contribution is 7.16. The van der Waals surface area contributed by atoms with Gasteiger partial charge < -0.3 is 11.1 Å². The largest absolute Gasteiger partial charge is 0.382 e. The van der Waals surface area contributed by atoms with Crippen LogP contribution >= 0.6 is 34.5 Å². The molecule has 0 radical (unpaired) electrons. The van der Waals surface area contributed by atoms with Crippen LogP contribution in [0.1, 0.15) is 10.4 Å². The number of aromatic nitrogens is 1. The summed E-state index contributed by atoms with van der Waals surface area (Å²) in [6.45, 7) is 1.05. The number of aliphatic imine (C=N–C) groups is 2. The lowest BCUT2D eigenvalue weighted by Crippen LogP contribution is -2.55. The van der Waals surface area contributed by atoms with Crippen LogP contribution in [0.5, 0.6) is 0 Å². The molecule has 3 heterocycles. The van der Waals surface area contributed by atoms with E-state index in [1.165, 1.54) is 17.7 Å². The van der Waals surface area contributed by atoms with Crippen molar-refractivity contribution in [1.82, 2.24) is 10.4 Å². The van der Waals surface area contributed by atoms with E-state index in [0.717, 1.165) is 5.56 Å². The van der Waals surface area contributed by atoms with Crippen LogP contribution in [-0.4, -0.2) is 41.2 Å². The van der Waals surface area contributed by atoms with Gasteiger partial charge in [0, 0.05) is 17.1 Å². The highest BCUT2D eigenvalue weighted by Crippen LogP contribution is 2.31. The molecular formula is C17H14Cl2N9S+. The number of quaternary nitrogens is 1. The molecule has 0 saturated carbocycles. The topological polar surface area (TPSA) is 124 Å². The Labute approximate surface area is 180 Å². The molecule has 4 rings (SSSR count). The van der Waals surface area contributed by atoms with E-state index >= 15 is 0 Å². The van der Waals surface area contributed by atoms with Crippen LogP contribution in [0, 0.1) is 11.3 Å². The lowest BCUT2D eigenvalue weighted by Gasteiger charge is -2.26. The highest BCUT2D eigenvalue weighted by atomic mass is 35.5. The van der Waals surface area contributed by atoms with Crippen LogP contribution in [0.15, 0.2) is 39.5 Å². The third-order valence-electron chi connectivity index (χ3n) is 4.12. The van der Waals surface area contributed by atoms with Gasteiger partial charge in [-0.05, 0) is 28.0 Å². The summed E-state index contributed by atoms with van der Waals surface area (Å²) in [5.41, 5.74) is 10.4. The van der Waals surface area contributed by atoms with Gasteiger partial charge in [0.2, 0.25) is 0 Å². The first-order valence-electron chi connectivity index (χ1n) is 8.40. The Morgan fingerprint density at radius 3 is 2.90 bits per heavy atom. The average molecular weight is 447 g/mol. The van der Waals surface area contributed by atoms with Gasteiger partial charge >= 0.3 is 0 Å².